The van der Waals surface area contributed by atoms with Gasteiger partial charge in [-0.05, 0) is 42.8 Å². The molecule has 0 atom stereocenters. The Morgan fingerprint density at radius 2 is 1.87 bits per heavy atom. The van der Waals surface area contributed by atoms with E-state index in [4.69, 9.17) is 17.3 Å². The van der Waals surface area contributed by atoms with Crippen LogP contribution in [0.15, 0.2) is 30.3 Å². The molecular formula is C15H11ClF3NO3. The van der Waals surface area contributed by atoms with Crippen molar-refractivity contribution in [3.63, 3.8) is 0 Å². The van der Waals surface area contributed by atoms with E-state index < -0.39 is 18.0 Å². The summed E-state index contributed by atoms with van der Waals surface area (Å²) in [6.07, 6.45) is -4.94. The Balaban J connectivity index is 2.69. The minimum absolute atomic E-state index is 0.0112. The number of carbonyl (C=O) groups is 1. The van der Waals surface area contributed by atoms with Gasteiger partial charge in [0.15, 0.2) is 0 Å². The Labute approximate surface area is 134 Å². The van der Waals surface area contributed by atoms with E-state index in [2.05, 4.69) is 4.74 Å². The molecule has 0 aliphatic rings. The molecule has 0 aliphatic carbocycles. The summed E-state index contributed by atoms with van der Waals surface area (Å²) in [6.45, 7) is 1.62. The minimum atomic E-state index is -4.94. The number of rotatable bonds is 3. The number of carbonyl (C=O) groups excluding carboxylic acids is 1. The van der Waals surface area contributed by atoms with E-state index >= 15 is 0 Å². The van der Waals surface area contributed by atoms with Crippen LogP contribution in [0.5, 0.6) is 11.5 Å². The number of amides is 1. The van der Waals surface area contributed by atoms with Crippen LogP contribution in [-0.2, 0) is 0 Å². The molecule has 122 valence electrons. The van der Waals surface area contributed by atoms with Gasteiger partial charge in [0, 0.05) is 21.7 Å². The standard InChI is InChI=1S/C15H11ClF3NO3/c1-7-4-12(21)9(6-11(7)16)10-5-8(14(20)22)2-3-13(10)23-15(17,18)19/h2-6,21H,1H3,(H2,20,22). The first-order valence-corrected chi connectivity index (χ1v) is 6.65. The Hall–Kier alpha value is -2.41. The first kappa shape index (κ1) is 17.0. The van der Waals surface area contributed by atoms with Gasteiger partial charge in [-0.1, -0.05) is 11.6 Å². The van der Waals surface area contributed by atoms with Gasteiger partial charge in [0.05, 0.1) is 0 Å². The molecule has 0 bridgehead atoms. The lowest BCUT2D eigenvalue weighted by Crippen LogP contribution is -2.18. The maximum absolute atomic E-state index is 12.5. The van der Waals surface area contributed by atoms with Gasteiger partial charge in [0.2, 0.25) is 5.91 Å². The van der Waals surface area contributed by atoms with Crippen molar-refractivity contribution in [1.82, 2.24) is 0 Å². The maximum Gasteiger partial charge on any atom is 0.573 e. The van der Waals surface area contributed by atoms with Crippen LogP contribution in [0.1, 0.15) is 15.9 Å². The average molecular weight is 346 g/mol. The van der Waals surface area contributed by atoms with Crippen LogP contribution in [-0.4, -0.2) is 17.4 Å². The van der Waals surface area contributed by atoms with Crippen LogP contribution in [0.2, 0.25) is 5.02 Å². The molecule has 23 heavy (non-hydrogen) atoms. The second kappa shape index (κ2) is 6.00. The fourth-order valence-corrected chi connectivity index (χ4v) is 2.15. The summed E-state index contributed by atoms with van der Waals surface area (Å²) >= 11 is 5.96. The van der Waals surface area contributed by atoms with E-state index in [-0.39, 0.29) is 27.5 Å². The zero-order chi connectivity index (χ0) is 17.4. The third-order valence-corrected chi connectivity index (χ3v) is 3.46. The van der Waals surface area contributed by atoms with Gasteiger partial charge in [0.25, 0.3) is 0 Å². The highest BCUT2D eigenvalue weighted by Gasteiger charge is 2.32. The Morgan fingerprint density at radius 1 is 1.22 bits per heavy atom. The molecule has 2 aromatic carbocycles. The van der Waals surface area contributed by atoms with E-state index in [9.17, 15) is 23.1 Å². The molecule has 1 amide bonds. The van der Waals surface area contributed by atoms with Gasteiger partial charge >= 0.3 is 6.36 Å². The highest BCUT2D eigenvalue weighted by molar-refractivity contribution is 6.31. The van der Waals surface area contributed by atoms with Gasteiger partial charge in [0.1, 0.15) is 11.5 Å². The van der Waals surface area contributed by atoms with E-state index in [0.29, 0.717) is 5.56 Å². The molecule has 0 saturated carbocycles. The van der Waals surface area contributed by atoms with Crippen LogP contribution in [0.4, 0.5) is 13.2 Å². The summed E-state index contributed by atoms with van der Waals surface area (Å²) in [6, 6.07) is 5.74. The third-order valence-electron chi connectivity index (χ3n) is 3.06. The number of halogens is 4. The zero-order valence-electron chi connectivity index (χ0n) is 11.7. The number of alkyl halides is 3. The van der Waals surface area contributed by atoms with Crippen molar-refractivity contribution < 1.29 is 27.8 Å². The topological polar surface area (TPSA) is 72.5 Å². The lowest BCUT2D eigenvalue weighted by Gasteiger charge is -2.16. The first-order valence-electron chi connectivity index (χ1n) is 6.27. The van der Waals surface area contributed by atoms with Crippen molar-refractivity contribution in [1.29, 1.82) is 0 Å². The van der Waals surface area contributed by atoms with Crippen molar-refractivity contribution in [2.24, 2.45) is 5.73 Å². The van der Waals surface area contributed by atoms with Crippen molar-refractivity contribution in [3.8, 4) is 22.6 Å². The summed E-state index contributed by atoms with van der Waals surface area (Å²) in [4.78, 5) is 11.3. The fraction of sp³-hybridized carbons (Fsp3) is 0.133. The molecule has 8 heteroatoms. The van der Waals surface area contributed by atoms with E-state index in [1.165, 1.54) is 12.1 Å². The smallest absolute Gasteiger partial charge is 0.507 e. The van der Waals surface area contributed by atoms with Crippen LogP contribution < -0.4 is 10.5 Å². The number of ether oxygens (including phenoxy) is 1. The van der Waals surface area contributed by atoms with E-state index in [1.54, 1.807) is 6.92 Å². The monoisotopic (exact) mass is 345 g/mol. The maximum atomic E-state index is 12.5. The normalized spacial score (nSPS) is 11.3. The second-order valence-electron chi connectivity index (χ2n) is 4.74. The Bertz CT molecular complexity index is 775. The number of nitrogens with two attached hydrogens (primary N) is 1. The summed E-state index contributed by atoms with van der Waals surface area (Å²) < 4.78 is 41.6. The minimum Gasteiger partial charge on any atom is -0.507 e. The molecule has 0 unspecified atom stereocenters. The lowest BCUT2D eigenvalue weighted by atomic mass is 9.99. The SMILES string of the molecule is Cc1cc(O)c(-c2cc(C(N)=O)ccc2OC(F)(F)F)cc1Cl. The molecule has 0 radical (unpaired) electrons. The molecule has 2 rings (SSSR count). The molecule has 3 N–H and O–H groups in total. The van der Waals surface area contributed by atoms with Crippen molar-refractivity contribution in [2.75, 3.05) is 0 Å². The molecule has 0 heterocycles. The molecule has 0 spiro atoms. The number of phenolic OH excluding ortho intramolecular Hbond substituents is 1. The Morgan fingerprint density at radius 3 is 2.43 bits per heavy atom. The van der Waals surface area contributed by atoms with E-state index in [1.807, 2.05) is 0 Å². The number of primary amides is 1. The predicted octanol–water partition coefficient (Wildman–Crippen LogP) is 4.02. The zero-order valence-corrected chi connectivity index (χ0v) is 12.5. The highest BCUT2D eigenvalue weighted by atomic mass is 35.5. The second-order valence-corrected chi connectivity index (χ2v) is 5.15. The number of aromatic hydroxyl groups is 1. The van der Waals surface area contributed by atoms with Crippen molar-refractivity contribution >= 4 is 17.5 Å². The van der Waals surface area contributed by atoms with Crippen LogP contribution in [0, 0.1) is 6.92 Å². The van der Waals surface area contributed by atoms with Crippen molar-refractivity contribution in [3.05, 3.63) is 46.5 Å². The number of phenols is 1. The fourth-order valence-electron chi connectivity index (χ4n) is 1.99. The number of hydrogen-bond donors (Lipinski definition) is 2. The lowest BCUT2D eigenvalue weighted by molar-refractivity contribution is -0.274. The van der Waals surface area contributed by atoms with Gasteiger partial charge < -0.3 is 15.6 Å². The molecule has 2 aromatic rings. The van der Waals surface area contributed by atoms with Crippen LogP contribution >= 0.6 is 11.6 Å². The Kier molecular flexibility index (Phi) is 4.42. The van der Waals surface area contributed by atoms with Gasteiger partial charge in [-0.25, -0.2) is 0 Å². The third kappa shape index (κ3) is 3.87. The molecular weight excluding hydrogens is 335 g/mol. The molecule has 0 aromatic heterocycles. The number of benzene rings is 2. The summed E-state index contributed by atoms with van der Waals surface area (Å²) in [5.74, 6) is -1.72. The van der Waals surface area contributed by atoms with Gasteiger partial charge in [-0.3, -0.25) is 4.79 Å². The average Bonchev–Trinajstić information content (AvgIpc) is 2.41. The van der Waals surface area contributed by atoms with Crippen LogP contribution in [0.3, 0.4) is 0 Å². The predicted molar refractivity (Wildman–Crippen MR) is 78.5 cm³/mol. The summed E-state index contributed by atoms with van der Waals surface area (Å²) in [7, 11) is 0. The molecule has 0 aliphatic heterocycles. The largest absolute Gasteiger partial charge is 0.573 e. The van der Waals surface area contributed by atoms with Crippen molar-refractivity contribution in [2.45, 2.75) is 13.3 Å². The molecule has 4 nitrogen and oxygen atoms in total. The summed E-state index contributed by atoms with van der Waals surface area (Å²) in [5, 5.41) is 10.2. The number of aryl methyl sites for hydroxylation is 1. The van der Waals surface area contributed by atoms with Crippen LogP contribution in [0.25, 0.3) is 11.1 Å². The van der Waals surface area contributed by atoms with Gasteiger partial charge in [-0.15, -0.1) is 13.2 Å². The number of hydrogen-bond acceptors (Lipinski definition) is 3. The molecule has 0 fully saturated rings. The molecule has 0 saturated heterocycles. The first-order chi connectivity index (χ1) is 10.6. The van der Waals surface area contributed by atoms with E-state index in [0.717, 1.165) is 18.2 Å². The quantitative estimate of drug-likeness (QED) is 0.882. The summed E-state index contributed by atoms with van der Waals surface area (Å²) in [5.41, 5.74) is 5.48. The van der Waals surface area contributed by atoms with Gasteiger partial charge in [-0.2, -0.15) is 0 Å². The highest BCUT2D eigenvalue weighted by Crippen LogP contribution is 2.40.